The van der Waals surface area contributed by atoms with Crippen LogP contribution in [0.5, 0.6) is 0 Å². The number of benzene rings is 2. The molecule has 6 nitrogen and oxygen atoms in total. The lowest BCUT2D eigenvalue weighted by molar-refractivity contribution is -0.192. The average molecular weight is 536 g/mol. The molecule has 2 atom stereocenters. The minimum absolute atomic E-state index is 0.00510. The number of nitriles is 1. The third kappa shape index (κ3) is 6.55. The van der Waals surface area contributed by atoms with Crippen LogP contribution in [-0.2, 0) is 14.6 Å². The van der Waals surface area contributed by atoms with Crippen LogP contribution in [0.15, 0.2) is 53.4 Å². The molecular formula is C23H23F6N3O3S. The molecular weight excluding hydrogens is 512 g/mol. The van der Waals surface area contributed by atoms with Gasteiger partial charge in [-0.3, -0.25) is 9.69 Å². The maximum Gasteiger partial charge on any atom is 0.501 e. The van der Waals surface area contributed by atoms with Crippen LogP contribution in [0.2, 0.25) is 0 Å². The number of nitrogens with zero attached hydrogens (tertiary/aromatic N) is 2. The Hall–Kier alpha value is -3.11. The molecule has 2 aromatic carbocycles. The summed E-state index contributed by atoms with van der Waals surface area (Å²) in [5.74, 6) is -1.19. The topological polar surface area (TPSA) is 104 Å². The molecule has 0 saturated carbocycles. The van der Waals surface area contributed by atoms with Gasteiger partial charge in [0.1, 0.15) is 6.04 Å². The van der Waals surface area contributed by atoms with Crippen molar-refractivity contribution < 1.29 is 39.6 Å². The second kappa shape index (κ2) is 10.9. The van der Waals surface area contributed by atoms with Gasteiger partial charge >= 0.3 is 11.7 Å². The predicted molar refractivity (Wildman–Crippen MR) is 119 cm³/mol. The van der Waals surface area contributed by atoms with Crippen LogP contribution in [0.1, 0.15) is 31.9 Å². The van der Waals surface area contributed by atoms with Gasteiger partial charge in [0.25, 0.3) is 9.84 Å². The highest BCUT2D eigenvalue weighted by molar-refractivity contribution is 7.92. The van der Waals surface area contributed by atoms with Gasteiger partial charge in [-0.1, -0.05) is 50.2 Å². The fourth-order valence-corrected chi connectivity index (χ4v) is 4.47. The molecule has 0 aliphatic rings. The second-order valence-corrected chi connectivity index (χ2v) is 10.4. The number of alkyl halides is 6. The summed E-state index contributed by atoms with van der Waals surface area (Å²) >= 11 is 0. The molecule has 0 aromatic heterocycles. The molecule has 2 N–H and O–H groups in total. The number of sulfone groups is 1. The van der Waals surface area contributed by atoms with Crippen LogP contribution < -0.4 is 5.73 Å². The maximum atomic E-state index is 14.2. The summed E-state index contributed by atoms with van der Waals surface area (Å²) < 4.78 is 104. The van der Waals surface area contributed by atoms with E-state index in [4.69, 9.17) is 11.0 Å². The first-order chi connectivity index (χ1) is 16.5. The molecule has 2 rings (SSSR count). The van der Waals surface area contributed by atoms with Crippen molar-refractivity contribution in [1.82, 2.24) is 4.90 Å². The fourth-order valence-electron chi connectivity index (χ4n) is 3.71. The molecule has 0 fully saturated rings. The Morgan fingerprint density at radius 3 is 1.81 bits per heavy atom. The van der Waals surface area contributed by atoms with Gasteiger partial charge in [-0.05, 0) is 41.2 Å². The molecule has 0 saturated heterocycles. The van der Waals surface area contributed by atoms with E-state index in [1.807, 2.05) is 0 Å². The Morgan fingerprint density at radius 1 is 0.972 bits per heavy atom. The van der Waals surface area contributed by atoms with Crippen LogP contribution in [-0.4, -0.2) is 43.5 Å². The Kier molecular flexibility index (Phi) is 8.80. The zero-order chi connectivity index (χ0) is 27.5. The summed E-state index contributed by atoms with van der Waals surface area (Å²) in [6.07, 6.45) is -4.88. The Labute approximate surface area is 204 Å². The number of carbonyl (C=O) groups is 1. The molecule has 0 aliphatic heterocycles. The molecule has 1 amide bonds. The molecule has 0 heterocycles. The van der Waals surface area contributed by atoms with Gasteiger partial charge in [0, 0.05) is 0 Å². The monoisotopic (exact) mass is 535 g/mol. The van der Waals surface area contributed by atoms with E-state index in [0.29, 0.717) is 10.5 Å². The predicted octanol–water partition coefficient (Wildman–Crippen LogP) is 4.98. The van der Waals surface area contributed by atoms with E-state index in [-0.39, 0.29) is 23.5 Å². The van der Waals surface area contributed by atoms with Crippen molar-refractivity contribution in [3.63, 3.8) is 0 Å². The van der Waals surface area contributed by atoms with E-state index in [9.17, 15) is 39.6 Å². The zero-order valence-electron chi connectivity index (χ0n) is 19.1. The van der Waals surface area contributed by atoms with E-state index < -0.39 is 51.0 Å². The highest BCUT2D eigenvalue weighted by Crippen LogP contribution is 2.40. The van der Waals surface area contributed by atoms with Crippen molar-refractivity contribution in [2.75, 3.05) is 6.54 Å². The van der Waals surface area contributed by atoms with Gasteiger partial charge in [0.15, 0.2) is 0 Å². The van der Waals surface area contributed by atoms with Gasteiger partial charge in [-0.25, -0.2) is 8.42 Å². The van der Waals surface area contributed by atoms with Crippen molar-refractivity contribution in [3.8, 4) is 17.2 Å². The summed E-state index contributed by atoms with van der Waals surface area (Å²) in [4.78, 5) is 11.7. The van der Waals surface area contributed by atoms with E-state index in [0.717, 1.165) is 36.4 Å². The summed E-state index contributed by atoms with van der Waals surface area (Å²) in [6.45, 7) is 2.67. The number of nitrogens with two attached hydrogens (primary N) is 1. The quantitative estimate of drug-likeness (QED) is 0.361. The van der Waals surface area contributed by atoms with E-state index >= 15 is 0 Å². The Bertz CT molecular complexity index is 1200. The molecule has 13 heteroatoms. The molecule has 0 radical (unpaired) electrons. The first-order valence-electron chi connectivity index (χ1n) is 10.5. The van der Waals surface area contributed by atoms with Crippen LogP contribution in [0.3, 0.4) is 0 Å². The maximum absolute atomic E-state index is 14.2. The molecule has 0 unspecified atom stereocenters. The van der Waals surface area contributed by atoms with Gasteiger partial charge in [0.05, 0.1) is 23.6 Å². The normalized spacial score (nSPS) is 14.5. The molecule has 0 spiro atoms. The van der Waals surface area contributed by atoms with Crippen molar-refractivity contribution in [2.45, 2.75) is 48.9 Å². The van der Waals surface area contributed by atoms with Gasteiger partial charge in [0.2, 0.25) is 5.91 Å². The van der Waals surface area contributed by atoms with Crippen molar-refractivity contribution in [2.24, 2.45) is 11.7 Å². The van der Waals surface area contributed by atoms with Gasteiger partial charge < -0.3 is 5.73 Å². The lowest BCUT2D eigenvalue weighted by Crippen LogP contribution is -2.51. The number of primary amides is 1. The lowest BCUT2D eigenvalue weighted by Gasteiger charge is -2.37. The second-order valence-electron chi connectivity index (χ2n) is 8.42. The average Bonchev–Trinajstić information content (AvgIpc) is 2.76. The third-order valence-electron chi connectivity index (χ3n) is 5.35. The molecule has 36 heavy (non-hydrogen) atoms. The number of hydrogen-bond donors (Lipinski definition) is 1. The minimum atomic E-state index is -5.54. The first kappa shape index (κ1) is 29.1. The van der Waals surface area contributed by atoms with E-state index in [2.05, 4.69) is 0 Å². The molecule has 0 aliphatic carbocycles. The van der Waals surface area contributed by atoms with Gasteiger partial charge in [-0.2, -0.15) is 31.6 Å². The highest BCUT2D eigenvalue weighted by Gasteiger charge is 2.48. The standard InChI is InChI=1S/C23H23F6N3O3S/c1-14(2)13-19(21(31)33)32(12-11-30)20(22(24,25)26)17-5-3-15(4-6-17)16-7-9-18(10-8-16)36(34,35)23(27,28)29/h3-10,14,19-20H,12-13H2,1-2H3,(H2,31,33)/t19-,20-/m0/s1. The fraction of sp³-hybridized carbons (Fsp3) is 0.391. The smallest absolute Gasteiger partial charge is 0.368 e. The molecule has 196 valence electrons. The first-order valence-corrected chi connectivity index (χ1v) is 12.0. The highest BCUT2D eigenvalue weighted by atomic mass is 32.2. The van der Waals surface area contributed by atoms with E-state index in [1.165, 1.54) is 12.1 Å². The number of amides is 1. The van der Waals surface area contributed by atoms with Crippen LogP contribution in [0.4, 0.5) is 26.3 Å². The van der Waals surface area contributed by atoms with E-state index in [1.54, 1.807) is 19.9 Å². The summed E-state index contributed by atoms with van der Waals surface area (Å²) in [5.41, 5.74) is 0.175. The van der Waals surface area contributed by atoms with Crippen LogP contribution in [0, 0.1) is 17.2 Å². The molecule has 0 bridgehead atoms. The van der Waals surface area contributed by atoms with Crippen molar-refractivity contribution in [1.29, 1.82) is 5.26 Å². The van der Waals surface area contributed by atoms with Crippen LogP contribution in [0.25, 0.3) is 11.1 Å². The number of halogens is 6. The minimum Gasteiger partial charge on any atom is -0.368 e. The lowest BCUT2D eigenvalue weighted by atomic mass is 9.95. The number of rotatable bonds is 9. The summed E-state index contributed by atoms with van der Waals surface area (Å²) in [7, 11) is -5.54. The van der Waals surface area contributed by atoms with Gasteiger partial charge in [-0.15, -0.1) is 0 Å². The summed E-state index contributed by atoms with van der Waals surface area (Å²) in [5, 5.41) is 9.16. The number of carbonyl (C=O) groups excluding carboxylic acids is 1. The van der Waals surface area contributed by atoms with Crippen molar-refractivity contribution in [3.05, 3.63) is 54.1 Å². The van der Waals surface area contributed by atoms with Crippen molar-refractivity contribution >= 4 is 15.7 Å². The number of hydrogen-bond acceptors (Lipinski definition) is 5. The zero-order valence-corrected chi connectivity index (χ0v) is 20.0. The van der Waals surface area contributed by atoms with Crippen LogP contribution >= 0.6 is 0 Å². The SMILES string of the molecule is CC(C)C[C@@H](C(N)=O)N(CC#N)[C@@H](c1ccc(-c2ccc(S(=O)(=O)C(F)(F)F)cc2)cc1)C(F)(F)F. The third-order valence-corrected chi connectivity index (χ3v) is 6.85. The Morgan fingerprint density at radius 2 is 1.44 bits per heavy atom. The largest absolute Gasteiger partial charge is 0.501 e. The summed E-state index contributed by atoms with van der Waals surface area (Å²) in [6, 6.07) is 6.44. The molecule has 2 aromatic rings. The Balaban J connectivity index is 2.47.